The van der Waals surface area contributed by atoms with Crippen LogP contribution in [-0.4, -0.2) is 32.3 Å². The topological polar surface area (TPSA) is 66.0 Å². The molecule has 0 fully saturated rings. The fourth-order valence-corrected chi connectivity index (χ4v) is 2.75. The van der Waals surface area contributed by atoms with Crippen LogP contribution in [0.3, 0.4) is 0 Å². The van der Waals surface area contributed by atoms with E-state index in [2.05, 4.69) is 5.32 Å². The first kappa shape index (κ1) is 15.6. The highest BCUT2D eigenvalue weighted by atomic mass is 16.5. The van der Waals surface area contributed by atoms with Gasteiger partial charge in [0.15, 0.2) is 23.0 Å². The first-order valence-corrected chi connectivity index (χ1v) is 8.40. The fraction of sp³-hybridized carbons (Fsp3) is 0.316. The summed E-state index contributed by atoms with van der Waals surface area (Å²) in [6, 6.07) is 10.6. The van der Waals surface area contributed by atoms with Gasteiger partial charge in [0.2, 0.25) is 0 Å². The Kier molecular flexibility index (Phi) is 4.33. The molecule has 2 aromatic carbocycles. The SMILES string of the molecule is O=C(Nc1ccc2c(c1)OCCCO2)c1ccc2c(c1)OCCCO2. The lowest BCUT2D eigenvalue weighted by Crippen LogP contribution is -2.12. The molecule has 0 aliphatic carbocycles. The van der Waals surface area contributed by atoms with Crippen LogP contribution in [-0.2, 0) is 0 Å². The quantitative estimate of drug-likeness (QED) is 0.908. The molecule has 0 unspecified atom stereocenters. The lowest BCUT2D eigenvalue weighted by Gasteiger charge is -2.12. The van der Waals surface area contributed by atoms with Gasteiger partial charge in [0.25, 0.3) is 5.91 Å². The number of carbonyl (C=O) groups is 1. The van der Waals surface area contributed by atoms with Crippen molar-refractivity contribution in [1.82, 2.24) is 0 Å². The van der Waals surface area contributed by atoms with Gasteiger partial charge in [-0.05, 0) is 30.3 Å². The summed E-state index contributed by atoms with van der Waals surface area (Å²) in [5.41, 5.74) is 1.16. The first-order chi connectivity index (χ1) is 12.3. The van der Waals surface area contributed by atoms with Crippen molar-refractivity contribution in [1.29, 1.82) is 0 Å². The summed E-state index contributed by atoms with van der Waals surface area (Å²) in [6.45, 7) is 2.44. The molecule has 0 bridgehead atoms. The van der Waals surface area contributed by atoms with Crippen molar-refractivity contribution in [2.24, 2.45) is 0 Å². The van der Waals surface area contributed by atoms with Crippen LogP contribution < -0.4 is 24.3 Å². The normalized spacial score (nSPS) is 15.7. The van der Waals surface area contributed by atoms with Gasteiger partial charge in [-0.3, -0.25) is 4.79 Å². The smallest absolute Gasteiger partial charge is 0.255 e. The Bertz CT molecular complexity index is 789. The van der Waals surface area contributed by atoms with E-state index in [9.17, 15) is 4.79 Å². The van der Waals surface area contributed by atoms with Crippen LogP contribution in [0.15, 0.2) is 36.4 Å². The molecule has 0 saturated carbocycles. The fourth-order valence-electron chi connectivity index (χ4n) is 2.75. The van der Waals surface area contributed by atoms with Crippen LogP contribution >= 0.6 is 0 Å². The Hall–Kier alpha value is -2.89. The molecule has 4 rings (SSSR count). The van der Waals surface area contributed by atoms with Gasteiger partial charge >= 0.3 is 0 Å². The van der Waals surface area contributed by atoms with Crippen molar-refractivity contribution in [3.63, 3.8) is 0 Å². The van der Waals surface area contributed by atoms with Gasteiger partial charge in [-0.15, -0.1) is 0 Å². The minimum absolute atomic E-state index is 0.217. The van der Waals surface area contributed by atoms with Crippen LogP contribution in [0.25, 0.3) is 0 Å². The maximum atomic E-state index is 12.5. The van der Waals surface area contributed by atoms with Crippen LogP contribution in [0.1, 0.15) is 23.2 Å². The first-order valence-electron chi connectivity index (χ1n) is 8.40. The predicted octanol–water partition coefficient (Wildman–Crippen LogP) is 3.26. The highest BCUT2D eigenvalue weighted by Gasteiger charge is 2.16. The van der Waals surface area contributed by atoms with Crippen LogP contribution in [0.4, 0.5) is 5.69 Å². The van der Waals surface area contributed by atoms with Crippen molar-refractivity contribution in [3.05, 3.63) is 42.0 Å². The van der Waals surface area contributed by atoms with E-state index in [1.807, 2.05) is 6.07 Å². The second kappa shape index (κ2) is 6.93. The molecule has 130 valence electrons. The van der Waals surface area contributed by atoms with Gasteiger partial charge in [-0.2, -0.15) is 0 Å². The van der Waals surface area contributed by atoms with Gasteiger partial charge in [-0.1, -0.05) is 0 Å². The van der Waals surface area contributed by atoms with Crippen molar-refractivity contribution in [3.8, 4) is 23.0 Å². The molecule has 0 atom stereocenters. The molecule has 2 aliphatic rings. The molecule has 2 aromatic rings. The lowest BCUT2D eigenvalue weighted by molar-refractivity contribution is 0.102. The second-order valence-corrected chi connectivity index (χ2v) is 5.88. The summed E-state index contributed by atoms with van der Waals surface area (Å²) in [5, 5.41) is 2.88. The zero-order valence-corrected chi connectivity index (χ0v) is 13.7. The number of amides is 1. The number of anilines is 1. The summed E-state index contributed by atoms with van der Waals surface area (Å²) in [7, 11) is 0. The van der Waals surface area contributed by atoms with Gasteiger partial charge in [-0.25, -0.2) is 0 Å². The number of carbonyl (C=O) groups excluding carboxylic acids is 1. The largest absolute Gasteiger partial charge is 0.490 e. The number of rotatable bonds is 2. The Labute approximate surface area is 145 Å². The maximum absolute atomic E-state index is 12.5. The van der Waals surface area contributed by atoms with Crippen LogP contribution in [0.5, 0.6) is 23.0 Å². The number of ether oxygens (including phenoxy) is 4. The zero-order valence-electron chi connectivity index (χ0n) is 13.7. The predicted molar refractivity (Wildman–Crippen MR) is 92.1 cm³/mol. The molecule has 25 heavy (non-hydrogen) atoms. The van der Waals surface area contributed by atoms with E-state index in [0.29, 0.717) is 60.7 Å². The molecule has 0 radical (unpaired) electrons. The molecule has 6 heteroatoms. The molecule has 1 amide bonds. The molecule has 0 saturated heterocycles. The van der Waals surface area contributed by atoms with Crippen LogP contribution in [0, 0.1) is 0 Å². The van der Waals surface area contributed by atoms with Crippen molar-refractivity contribution in [2.45, 2.75) is 12.8 Å². The number of nitrogens with one attached hydrogen (secondary N) is 1. The third-order valence-electron chi connectivity index (χ3n) is 4.02. The second-order valence-electron chi connectivity index (χ2n) is 5.88. The van der Waals surface area contributed by atoms with Gasteiger partial charge in [0.05, 0.1) is 26.4 Å². The summed E-state index contributed by atoms with van der Waals surface area (Å²) < 4.78 is 22.5. The molecule has 1 N–H and O–H groups in total. The van der Waals surface area contributed by atoms with Crippen molar-refractivity contribution in [2.75, 3.05) is 31.7 Å². The Balaban J connectivity index is 1.52. The summed E-state index contributed by atoms with van der Waals surface area (Å²) in [4.78, 5) is 12.5. The van der Waals surface area contributed by atoms with E-state index < -0.39 is 0 Å². The molecule has 2 heterocycles. The van der Waals surface area contributed by atoms with E-state index >= 15 is 0 Å². The van der Waals surface area contributed by atoms with E-state index in [0.717, 1.165) is 12.8 Å². The highest BCUT2D eigenvalue weighted by Crippen LogP contribution is 2.33. The van der Waals surface area contributed by atoms with E-state index in [1.54, 1.807) is 30.3 Å². The monoisotopic (exact) mass is 341 g/mol. The molecule has 6 nitrogen and oxygen atoms in total. The average Bonchev–Trinajstić information content (AvgIpc) is 3.00. The third kappa shape index (κ3) is 3.47. The average molecular weight is 341 g/mol. The minimum Gasteiger partial charge on any atom is -0.490 e. The van der Waals surface area contributed by atoms with Crippen LogP contribution in [0.2, 0.25) is 0 Å². The van der Waals surface area contributed by atoms with Gasteiger partial charge < -0.3 is 24.3 Å². The van der Waals surface area contributed by atoms with Gasteiger partial charge in [0.1, 0.15) is 0 Å². The zero-order chi connectivity index (χ0) is 17.1. The summed E-state index contributed by atoms with van der Waals surface area (Å²) in [6.07, 6.45) is 1.67. The van der Waals surface area contributed by atoms with E-state index in [4.69, 9.17) is 18.9 Å². The third-order valence-corrected chi connectivity index (χ3v) is 4.02. The molecule has 0 spiro atoms. The van der Waals surface area contributed by atoms with Gasteiger partial charge in [0, 0.05) is 30.2 Å². The summed E-state index contributed by atoms with van der Waals surface area (Å²) >= 11 is 0. The maximum Gasteiger partial charge on any atom is 0.255 e. The minimum atomic E-state index is -0.217. The lowest BCUT2D eigenvalue weighted by atomic mass is 10.1. The number of hydrogen-bond acceptors (Lipinski definition) is 5. The van der Waals surface area contributed by atoms with Crippen molar-refractivity contribution >= 4 is 11.6 Å². The highest BCUT2D eigenvalue weighted by molar-refractivity contribution is 6.04. The molecule has 2 aliphatic heterocycles. The molecular weight excluding hydrogens is 322 g/mol. The summed E-state index contributed by atoms with van der Waals surface area (Å²) in [5.74, 6) is 2.40. The van der Waals surface area contributed by atoms with Crippen molar-refractivity contribution < 1.29 is 23.7 Å². The van der Waals surface area contributed by atoms with E-state index in [1.165, 1.54) is 0 Å². The number of fused-ring (bicyclic) bond motifs is 2. The Morgan fingerprint density at radius 3 is 1.96 bits per heavy atom. The molecular formula is C19H19NO5. The molecule has 0 aromatic heterocycles. The Morgan fingerprint density at radius 1 is 0.720 bits per heavy atom. The van der Waals surface area contributed by atoms with E-state index in [-0.39, 0.29) is 5.91 Å². The number of benzene rings is 2. The Morgan fingerprint density at radius 2 is 1.28 bits per heavy atom. The standard InChI is InChI=1S/C19H19NO5/c21-19(13-3-5-15-17(11-13)24-9-1-7-22-15)20-14-4-6-16-18(12-14)25-10-2-8-23-16/h3-6,11-12H,1-2,7-10H2,(H,20,21). The number of hydrogen-bond donors (Lipinski definition) is 1.